The highest BCUT2D eigenvalue weighted by Gasteiger charge is 2.22. The van der Waals surface area contributed by atoms with Gasteiger partial charge in [0.2, 0.25) is 0 Å². The van der Waals surface area contributed by atoms with Crippen molar-refractivity contribution in [3.63, 3.8) is 0 Å². The molecule has 3 rings (SSSR count). The fraction of sp³-hybridized carbons (Fsp3) is 0.435. The molecule has 0 atom stereocenters. The Morgan fingerprint density at radius 2 is 1.77 bits per heavy atom. The number of nitrogens with two attached hydrogens (primary N) is 1. The number of piperazine rings is 1. The molecule has 1 fully saturated rings. The third-order valence-electron chi connectivity index (χ3n) is 5.63. The Bertz CT molecular complexity index is 912. The SMILES string of the molecule is CN=C(C)/C(CN1CCN(c2nccnc2-c2ccc(CNSC)cc2)CC1)=C(/C)N. The van der Waals surface area contributed by atoms with Gasteiger partial charge in [0, 0.05) is 81.3 Å². The van der Waals surface area contributed by atoms with E-state index in [-0.39, 0.29) is 0 Å². The lowest BCUT2D eigenvalue weighted by molar-refractivity contribution is 0.280. The summed E-state index contributed by atoms with van der Waals surface area (Å²) in [6.45, 7) is 9.36. The number of hydrogen-bond acceptors (Lipinski definition) is 8. The van der Waals surface area contributed by atoms with Crippen molar-refractivity contribution in [2.75, 3.05) is 50.9 Å². The van der Waals surface area contributed by atoms with Crippen molar-refractivity contribution < 1.29 is 0 Å². The van der Waals surface area contributed by atoms with Crippen molar-refractivity contribution >= 4 is 23.5 Å². The highest BCUT2D eigenvalue weighted by atomic mass is 32.2. The number of rotatable bonds is 8. The first kappa shape index (κ1) is 23.2. The fourth-order valence-corrected chi connectivity index (χ4v) is 4.01. The van der Waals surface area contributed by atoms with Gasteiger partial charge in [-0.3, -0.25) is 19.6 Å². The van der Waals surface area contributed by atoms with Crippen LogP contribution in [-0.4, -0.2) is 66.6 Å². The minimum Gasteiger partial charge on any atom is -0.402 e. The number of nitrogens with zero attached hydrogens (tertiary/aromatic N) is 5. The molecular formula is C23H33N7S. The summed E-state index contributed by atoms with van der Waals surface area (Å²) in [5.41, 5.74) is 12.4. The van der Waals surface area contributed by atoms with Crippen molar-refractivity contribution in [1.29, 1.82) is 0 Å². The van der Waals surface area contributed by atoms with Crippen LogP contribution in [-0.2, 0) is 6.54 Å². The Morgan fingerprint density at radius 1 is 1.10 bits per heavy atom. The predicted molar refractivity (Wildman–Crippen MR) is 132 cm³/mol. The van der Waals surface area contributed by atoms with Crippen molar-refractivity contribution in [3.05, 3.63) is 53.5 Å². The zero-order valence-electron chi connectivity index (χ0n) is 18.9. The summed E-state index contributed by atoms with van der Waals surface area (Å²) < 4.78 is 3.28. The Balaban J connectivity index is 1.70. The number of hydrogen-bond donors (Lipinski definition) is 2. The summed E-state index contributed by atoms with van der Waals surface area (Å²) in [4.78, 5) is 18.4. The molecule has 1 aromatic heterocycles. The first-order chi connectivity index (χ1) is 15.0. The van der Waals surface area contributed by atoms with Gasteiger partial charge < -0.3 is 10.6 Å². The normalized spacial score (nSPS) is 16.4. The van der Waals surface area contributed by atoms with Crippen LogP contribution in [0.15, 0.2) is 52.9 Å². The molecular weight excluding hydrogens is 406 g/mol. The number of benzene rings is 1. The van der Waals surface area contributed by atoms with E-state index >= 15 is 0 Å². The Kier molecular flexibility index (Phi) is 8.45. The van der Waals surface area contributed by atoms with Gasteiger partial charge in [-0.05, 0) is 25.7 Å². The number of nitrogens with one attached hydrogen (secondary N) is 1. The van der Waals surface area contributed by atoms with E-state index < -0.39 is 0 Å². The lowest BCUT2D eigenvalue weighted by Gasteiger charge is -2.36. The standard InChI is InChI=1S/C23H33N7S/c1-17(24)21(18(2)25-3)16-29-11-13-30(14-12-29)23-22(26-9-10-27-23)20-7-5-19(6-8-20)15-28-31-4/h5-10,28H,11-16,24H2,1-4H3/b21-17-,25-18?. The fourth-order valence-electron chi connectivity index (χ4n) is 3.70. The first-order valence-corrected chi connectivity index (χ1v) is 11.8. The molecule has 0 radical (unpaired) electrons. The predicted octanol–water partition coefficient (Wildman–Crippen LogP) is 2.96. The Labute approximate surface area is 190 Å². The lowest BCUT2D eigenvalue weighted by Crippen LogP contribution is -2.48. The molecule has 1 aromatic carbocycles. The quantitative estimate of drug-likeness (QED) is 0.483. The van der Waals surface area contributed by atoms with Crippen molar-refractivity contribution in [2.24, 2.45) is 10.7 Å². The molecule has 8 heteroatoms. The minimum absolute atomic E-state index is 0.832. The third-order valence-corrected chi connectivity index (χ3v) is 6.06. The van der Waals surface area contributed by atoms with Gasteiger partial charge in [0.25, 0.3) is 0 Å². The van der Waals surface area contributed by atoms with Gasteiger partial charge in [0.1, 0.15) is 5.69 Å². The highest BCUT2D eigenvalue weighted by molar-refractivity contribution is 7.96. The second-order valence-corrected chi connectivity index (χ2v) is 8.38. The molecule has 0 bridgehead atoms. The maximum atomic E-state index is 6.11. The van der Waals surface area contributed by atoms with E-state index in [1.807, 2.05) is 27.2 Å². The van der Waals surface area contributed by atoms with Crippen LogP contribution in [0.25, 0.3) is 11.3 Å². The molecule has 0 amide bonds. The topological polar surface area (TPSA) is 82.7 Å². The second kappa shape index (κ2) is 11.3. The average molecular weight is 440 g/mol. The molecule has 1 aliphatic heterocycles. The Morgan fingerprint density at radius 3 is 2.39 bits per heavy atom. The molecule has 0 unspecified atom stereocenters. The number of aromatic nitrogens is 2. The second-order valence-electron chi connectivity index (χ2n) is 7.68. The molecule has 31 heavy (non-hydrogen) atoms. The van der Waals surface area contributed by atoms with Gasteiger partial charge >= 0.3 is 0 Å². The van der Waals surface area contributed by atoms with E-state index in [0.717, 1.165) is 73.3 Å². The van der Waals surface area contributed by atoms with Gasteiger partial charge in [0.15, 0.2) is 5.82 Å². The zero-order valence-corrected chi connectivity index (χ0v) is 19.7. The molecule has 3 N–H and O–H groups in total. The van der Waals surface area contributed by atoms with Crippen molar-refractivity contribution in [2.45, 2.75) is 20.4 Å². The van der Waals surface area contributed by atoms with E-state index in [1.165, 1.54) is 5.56 Å². The van der Waals surface area contributed by atoms with Crippen LogP contribution >= 0.6 is 11.9 Å². The van der Waals surface area contributed by atoms with E-state index in [0.29, 0.717) is 0 Å². The molecule has 0 aliphatic carbocycles. The number of aliphatic imine (C=N–C) groups is 1. The van der Waals surface area contributed by atoms with Gasteiger partial charge in [-0.2, -0.15) is 0 Å². The first-order valence-electron chi connectivity index (χ1n) is 10.6. The summed E-state index contributed by atoms with van der Waals surface area (Å²) in [5, 5.41) is 0. The maximum Gasteiger partial charge on any atom is 0.155 e. The highest BCUT2D eigenvalue weighted by Crippen LogP contribution is 2.27. The molecule has 0 saturated carbocycles. The van der Waals surface area contributed by atoms with Gasteiger partial charge in [-0.15, -0.1) is 0 Å². The summed E-state index contributed by atoms with van der Waals surface area (Å²) in [5.74, 6) is 0.953. The zero-order chi connectivity index (χ0) is 22.2. The smallest absolute Gasteiger partial charge is 0.155 e. The van der Waals surface area contributed by atoms with Gasteiger partial charge in [-0.25, -0.2) is 4.98 Å². The van der Waals surface area contributed by atoms with E-state index in [1.54, 1.807) is 24.3 Å². The maximum absolute atomic E-state index is 6.11. The van der Waals surface area contributed by atoms with Crippen LogP contribution in [0.3, 0.4) is 0 Å². The summed E-state index contributed by atoms with van der Waals surface area (Å²) in [7, 11) is 1.82. The Hall–Kier alpha value is -2.42. The summed E-state index contributed by atoms with van der Waals surface area (Å²) in [6, 6.07) is 8.56. The van der Waals surface area contributed by atoms with Crippen LogP contribution < -0.4 is 15.4 Å². The molecule has 1 saturated heterocycles. The van der Waals surface area contributed by atoms with Crippen LogP contribution in [0.1, 0.15) is 19.4 Å². The van der Waals surface area contributed by atoms with Crippen LogP contribution in [0.5, 0.6) is 0 Å². The lowest BCUT2D eigenvalue weighted by atomic mass is 10.1. The average Bonchev–Trinajstić information content (AvgIpc) is 2.81. The molecule has 2 aromatic rings. The van der Waals surface area contributed by atoms with E-state index in [9.17, 15) is 0 Å². The molecule has 0 spiro atoms. The molecule has 166 valence electrons. The van der Waals surface area contributed by atoms with Crippen molar-refractivity contribution in [1.82, 2.24) is 19.6 Å². The largest absolute Gasteiger partial charge is 0.402 e. The monoisotopic (exact) mass is 439 g/mol. The number of anilines is 1. The minimum atomic E-state index is 0.832. The van der Waals surface area contributed by atoms with Gasteiger partial charge in [-0.1, -0.05) is 36.2 Å². The molecule has 7 nitrogen and oxygen atoms in total. The van der Waals surface area contributed by atoms with Crippen LogP contribution in [0.4, 0.5) is 5.82 Å². The third kappa shape index (κ3) is 6.06. The molecule has 2 heterocycles. The van der Waals surface area contributed by atoms with Gasteiger partial charge in [0.05, 0.1) is 0 Å². The van der Waals surface area contributed by atoms with Crippen LogP contribution in [0.2, 0.25) is 0 Å². The summed E-state index contributed by atoms with van der Waals surface area (Å²) >= 11 is 1.63. The van der Waals surface area contributed by atoms with E-state index in [4.69, 9.17) is 5.73 Å². The molecule has 1 aliphatic rings. The van der Waals surface area contributed by atoms with E-state index in [2.05, 4.69) is 53.7 Å². The van der Waals surface area contributed by atoms with Crippen LogP contribution in [0, 0.1) is 0 Å². The number of allylic oxidation sites excluding steroid dienone is 1. The van der Waals surface area contributed by atoms with Crippen molar-refractivity contribution in [3.8, 4) is 11.3 Å². The summed E-state index contributed by atoms with van der Waals surface area (Å²) in [6.07, 6.45) is 5.58.